The standard InChI is InChI=1S/C16H25NO4.C8H18N2O4S/c1-13(15(18)20-2)8-6-7-11-17-16(19)21-12-14-9-4-3-5-10-14;1-3-7-14-8(11)9-5-4-6-10-15(2,12)13/h3-5,9-10,13,15,18H,6-8,11-12H2,1-2H3,(H,17,19);10H,3-7H2,1-2H3,(H,9,11)/t13?,15-;/m1./s1. The molecule has 0 bridgehead atoms. The van der Waals surface area contributed by atoms with E-state index in [9.17, 15) is 23.1 Å². The molecular weight excluding hydrogens is 490 g/mol. The van der Waals surface area contributed by atoms with Crippen molar-refractivity contribution in [1.82, 2.24) is 15.4 Å². The van der Waals surface area contributed by atoms with Gasteiger partial charge >= 0.3 is 12.2 Å². The molecule has 0 aliphatic heterocycles. The smallest absolute Gasteiger partial charge is 0.407 e. The molecule has 2 amide bonds. The van der Waals surface area contributed by atoms with Crippen LogP contribution in [0.1, 0.15) is 51.5 Å². The lowest BCUT2D eigenvalue weighted by atomic mass is 10.0. The summed E-state index contributed by atoms with van der Waals surface area (Å²) >= 11 is 0. The second-order valence-corrected chi connectivity index (χ2v) is 10.0. The first kappa shape index (κ1) is 33.6. The highest BCUT2D eigenvalue weighted by atomic mass is 32.2. The monoisotopic (exact) mass is 533 g/mol. The lowest BCUT2D eigenvalue weighted by Gasteiger charge is -2.16. The molecule has 11 nitrogen and oxygen atoms in total. The summed E-state index contributed by atoms with van der Waals surface area (Å²) in [4.78, 5) is 22.4. The molecule has 1 aromatic carbocycles. The van der Waals surface area contributed by atoms with E-state index in [1.807, 2.05) is 44.2 Å². The van der Waals surface area contributed by atoms with E-state index in [0.29, 0.717) is 32.7 Å². The second-order valence-electron chi connectivity index (χ2n) is 8.17. The number of carbonyl (C=O) groups excluding carboxylic acids is 2. The van der Waals surface area contributed by atoms with E-state index in [1.165, 1.54) is 7.11 Å². The molecule has 0 aromatic heterocycles. The molecule has 0 heterocycles. The molecule has 0 aliphatic carbocycles. The molecule has 12 heteroatoms. The van der Waals surface area contributed by atoms with Gasteiger partial charge in [-0.25, -0.2) is 22.7 Å². The van der Waals surface area contributed by atoms with Crippen LogP contribution in [0.3, 0.4) is 0 Å². The number of alkyl carbamates (subject to hydrolysis) is 2. The number of benzene rings is 1. The number of unbranched alkanes of at least 4 members (excludes halogenated alkanes) is 1. The maximum Gasteiger partial charge on any atom is 0.407 e. The fourth-order valence-corrected chi connectivity index (χ4v) is 3.23. The summed E-state index contributed by atoms with van der Waals surface area (Å²) in [5, 5.41) is 14.7. The van der Waals surface area contributed by atoms with Crippen LogP contribution in [0.4, 0.5) is 9.59 Å². The Kier molecular flexibility index (Phi) is 19.4. The topological polar surface area (TPSA) is 152 Å². The van der Waals surface area contributed by atoms with Crippen LogP contribution >= 0.6 is 0 Å². The number of amides is 2. The number of aliphatic hydroxyl groups excluding tert-OH is 1. The van der Waals surface area contributed by atoms with Crippen LogP contribution in [-0.2, 0) is 30.8 Å². The number of ether oxygens (including phenoxy) is 3. The van der Waals surface area contributed by atoms with Gasteiger partial charge in [-0.05, 0) is 31.2 Å². The highest BCUT2D eigenvalue weighted by Crippen LogP contribution is 2.12. The third kappa shape index (κ3) is 20.9. The molecule has 0 fully saturated rings. The van der Waals surface area contributed by atoms with Gasteiger partial charge in [0.1, 0.15) is 6.61 Å². The number of sulfonamides is 1. The van der Waals surface area contributed by atoms with Crippen LogP contribution in [0.15, 0.2) is 30.3 Å². The van der Waals surface area contributed by atoms with Gasteiger partial charge in [-0.3, -0.25) is 0 Å². The third-order valence-corrected chi connectivity index (χ3v) is 5.45. The Bertz CT molecular complexity index is 809. The lowest BCUT2D eigenvalue weighted by molar-refractivity contribution is -0.110. The highest BCUT2D eigenvalue weighted by molar-refractivity contribution is 7.88. The Morgan fingerprint density at radius 2 is 1.58 bits per heavy atom. The van der Waals surface area contributed by atoms with Crippen molar-refractivity contribution < 1.29 is 37.3 Å². The largest absolute Gasteiger partial charge is 0.450 e. The summed E-state index contributed by atoms with van der Waals surface area (Å²) in [5.74, 6) is 0.0973. The molecule has 0 saturated heterocycles. The molecule has 1 rings (SSSR count). The van der Waals surface area contributed by atoms with Crippen molar-refractivity contribution in [2.24, 2.45) is 5.92 Å². The maximum absolute atomic E-state index is 11.5. The van der Waals surface area contributed by atoms with Crippen molar-refractivity contribution in [3.8, 4) is 0 Å². The van der Waals surface area contributed by atoms with E-state index in [2.05, 4.69) is 15.4 Å². The molecular formula is C24H43N3O8S. The number of rotatable bonds is 16. The lowest BCUT2D eigenvalue weighted by Crippen LogP contribution is -2.29. The Hall–Kier alpha value is -2.41. The fraction of sp³-hybridized carbons (Fsp3) is 0.667. The molecule has 0 spiro atoms. The number of hydrogen-bond donors (Lipinski definition) is 4. The molecule has 0 radical (unpaired) electrons. The van der Waals surface area contributed by atoms with Gasteiger partial charge in [-0.2, -0.15) is 0 Å². The van der Waals surface area contributed by atoms with Crippen molar-refractivity contribution in [2.45, 2.75) is 58.8 Å². The number of aliphatic hydroxyl groups is 1. The Labute approximate surface area is 215 Å². The summed E-state index contributed by atoms with van der Waals surface area (Å²) in [6.07, 6.45) is 3.46. The maximum atomic E-state index is 11.5. The van der Waals surface area contributed by atoms with E-state index in [0.717, 1.165) is 37.5 Å². The van der Waals surface area contributed by atoms with Crippen LogP contribution in [-0.4, -0.2) is 71.6 Å². The van der Waals surface area contributed by atoms with Crippen LogP contribution in [0.25, 0.3) is 0 Å². The van der Waals surface area contributed by atoms with Crippen LogP contribution in [0.5, 0.6) is 0 Å². The van der Waals surface area contributed by atoms with Gasteiger partial charge in [-0.15, -0.1) is 0 Å². The Balaban J connectivity index is 0.000000723. The molecule has 36 heavy (non-hydrogen) atoms. The van der Waals surface area contributed by atoms with Crippen molar-refractivity contribution >= 4 is 22.2 Å². The molecule has 0 saturated carbocycles. The van der Waals surface area contributed by atoms with Gasteiger partial charge in [0, 0.05) is 32.7 Å². The zero-order chi connectivity index (χ0) is 27.2. The molecule has 2 atom stereocenters. The molecule has 0 aliphatic rings. The van der Waals surface area contributed by atoms with E-state index in [4.69, 9.17) is 14.2 Å². The second kappa shape index (κ2) is 20.7. The minimum absolute atomic E-state index is 0.0973. The first-order chi connectivity index (χ1) is 17.1. The predicted molar refractivity (Wildman–Crippen MR) is 138 cm³/mol. The zero-order valence-corrected chi connectivity index (χ0v) is 22.6. The summed E-state index contributed by atoms with van der Waals surface area (Å²) in [7, 11) is -1.64. The first-order valence-electron chi connectivity index (χ1n) is 12.1. The first-order valence-corrected chi connectivity index (χ1v) is 14.0. The van der Waals surface area contributed by atoms with Crippen molar-refractivity contribution in [1.29, 1.82) is 0 Å². The van der Waals surface area contributed by atoms with Gasteiger partial charge in [0.25, 0.3) is 0 Å². The summed E-state index contributed by atoms with van der Waals surface area (Å²) in [6, 6.07) is 9.56. The number of nitrogens with one attached hydrogen (secondary N) is 3. The van der Waals surface area contributed by atoms with Crippen LogP contribution in [0.2, 0.25) is 0 Å². The van der Waals surface area contributed by atoms with Crippen molar-refractivity contribution in [2.75, 3.05) is 39.6 Å². The van der Waals surface area contributed by atoms with Gasteiger partial charge in [-0.1, -0.05) is 50.6 Å². The number of hydrogen-bond acceptors (Lipinski definition) is 8. The van der Waals surface area contributed by atoms with Crippen molar-refractivity contribution in [3.63, 3.8) is 0 Å². The van der Waals surface area contributed by atoms with E-state index in [-0.39, 0.29) is 12.5 Å². The minimum Gasteiger partial charge on any atom is -0.450 e. The van der Waals surface area contributed by atoms with E-state index < -0.39 is 28.5 Å². The average molecular weight is 534 g/mol. The molecule has 1 unspecified atom stereocenters. The summed E-state index contributed by atoms with van der Waals surface area (Å²) < 4.78 is 38.3. The van der Waals surface area contributed by atoms with Gasteiger partial charge in [0.05, 0.1) is 12.9 Å². The van der Waals surface area contributed by atoms with Gasteiger partial charge in [0.15, 0.2) is 6.29 Å². The van der Waals surface area contributed by atoms with Crippen LogP contribution in [0, 0.1) is 5.92 Å². The quantitative estimate of drug-likeness (QED) is 0.187. The average Bonchev–Trinajstić information content (AvgIpc) is 2.85. The van der Waals surface area contributed by atoms with Gasteiger partial charge < -0.3 is 30.0 Å². The zero-order valence-electron chi connectivity index (χ0n) is 21.8. The summed E-state index contributed by atoms with van der Waals surface area (Å²) in [6.45, 7) is 5.80. The van der Waals surface area contributed by atoms with Crippen LogP contribution < -0.4 is 15.4 Å². The molecule has 1 aromatic rings. The fourth-order valence-electron chi connectivity index (χ4n) is 2.71. The number of carbonyl (C=O) groups is 2. The minimum atomic E-state index is -3.13. The van der Waals surface area contributed by atoms with Crippen molar-refractivity contribution in [3.05, 3.63) is 35.9 Å². The Morgan fingerprint density at radius 1 is 0.972 bits per heavy atom. The molecule has 4 N–H and O–H groups in total. The SMILES string of the molecule is CCCOC(=O)NCCCNS(C)(=O)=O.CO[C@@H](O)C(C)CCCCNC(=O)OCc1ccccc1. The van der Waals surface area contributed by atoms with E-state index in [1.54, 1.807) is 0 Å². The number of methoxy groups -OCH3 is 1. The van der Waals surface area contributed by atoms with E-state index >= 15 is 0 Å². The summed E-state index contributed by atoms with van der Waals surface area (Å²) in [5.41, 5.74) is 0.968. The predicted octanol–water partition coefficient (Wildman–Crippen LogP) is 2.75. The third-order valence-electron chi connectivity index (χ3n) is 4.72. The highest BCUT2D eigenvalue weighted by Gasteiger charge is 2.12. The normalized spacial score (nSPS) is 12.5. The van der Waals surface area contributed by atoms with Gasteiger partial charge in [0.2, 0.25) is 10.0 Å². The Morgan fingerprint density at radius 3 is 2.17 bits per heavy atom. The molecule has 208 valence electrons.